The quantitative estimate of drug-likeness (QED) is 0.168. The van der Waals surface area contributed by atoms with Gasteiger partial charge in [0.2, 0.25) is 0 Å². The lowest BCUT2D eigenvalue weighted by molar-refractivity contribution is 0.186. The van der Waals surface area contributed by atoms with Crippen LogP contribution in [0.3, 0.4) is 0 Å². The molecule has 0 radical (unpaired) electrons. The molecule has 0 spiro atoms. The minimum absolute atomic E-state index is 0.0395. The Morgan fingerprint density at radius 1 is 1.09 bits per heavy atom. The second-order valence-electron chi connectivity index (χ2n) is 10.9. The number of rotatable bonds is 9. The molecule has 1 atom stereocenters. The van der Waals surface area contributed by atoms with Gasteiger partial charge in [-0.2, -0.15) is 5.26 Å². The lowest BCUT2D eigenvalue weighted by Crippen LogP contribution is -2.34. The van der Waals surface area contributed by atoms with Crippen molar-refractivity contribution < 1.29 is 9.13 Å². The number of pyridine rings is 1. The van der Waals surface area contributed by atoms with Crippen LogP contribution in [0.4, 0.5) is 21.5 Å². The predicted molar refractivity (Wildman–Crippen MR) is 175 cm³/mol. The summed E-state index contributed by atoms with van der Waals surface area (Å²) in [5.74, 6) is 0.172. The second kappa shape index (κ2) is 13.3. The van der Waals surface area contributed by atoms with Gasteiger partial charge < -0.3 is 20.3 Å². The number of likely N-dealkylation sites (tertiary alicyclic amines) is 1. The third-order valence-electron chi connectivity index (χ3n) is 8.17. The van der Waals surface area contributed by atoms with Crippen LogP contribution in [-0.2, 0) is 0 Å². The summed E-state index contributed by atoms with van der Waals surface area (Å²) in [5, 5.41) is 26.8. The fourth-order valence-electron chi connectivity index (χ4n) is 5.70. The Hall–Kier alpha value is -4.43. The van der Waals surface area contributed by atoms with E-state index in [0.717, 1.165) is 43.7 Å². The highest BCUT2D eigenvalue weighted by molar-refractivity contribution is 6.36. The summed E-state index contributed by atoms with van der Waals surface area (Å²) in [6.45, 7) is 5.29. The van der Waals surface area contributed by atoms with Crippen LogP contribution in [0.5, 0.6) is 5.75 Å². The van der Waals surface area contributed by atoms with Crippen LogP contribution in [0.1, 0.15) is 48.7 Å². The number of anilines is 3. The number of fused-ring (bicyclic) bond motifs is 1. The molecule has 1 aliphatic rings. The fraction of sp³-hybridized carbons (Fsp3) is 0.273. The van der Waals surface area contributed by atoms with Crippen LogP contribution in [0.2, 0.25) is 10.0 Å². The molecule has 3 heterocycles. The van der Waals surface area contributed by atoms with Gasteiger partial charge in [0.15, 0.2) is 0 Å². The summed E-state index contributed by atoms with van der Waals surface area (Å²) >= 11 is 12.8. The Kier molecular flexibility index (Phi) is 9.03. The summed E-state index contributed by atoms with van der Waals surface area (Å²) in [6, 6.07) is 17.8. The van der Waals surface area contributed by atoms with E-state index in [2.05, 4.69) is 43.8 Å². The SMILES string of the molecule is CCN1CCC(n2cc(C(Nc3cc(Cl)c4ncc(C#N)c(Nc5ccc(F)c(Cl)c5)c4c3)c3cccc(OC)c3)nn2)CC1. The first-order chi connectivity index (χ1) is 21.9. The lowest BCUT2D eigenvalue weighted by atomic mass is 10.0. The molecule has 2 N–H and O–H groups in total. The van der Waals surface area contributed by atoms with E-state index in [1.54, 1.807) is 19.2 Å². The molecule has 12 heteroatoms. The lowest BCUT2D eigenvalue weighted by Gasteiger charge is -2.30. The molecule has 2 aromatic heterocycles. The summed E-state index contributed by atoms with van der Waals surface area (Å²) < 4.78 is 21.4. The van der Waals surface area contributed by atoms with E-state index >= 15 is 0 Å². The Morgan fingerprint density at radius 2 is 1.89 bits per heavy atom. The maximum atomic E-state index is 13.9. The maximum Gasteiger partial charge on any atom is 0.141 e. The average molecular weight is 646 g/mol. The zero-order valence-corrected chi connectivity index (χ0v) is 26.3. The van der Waals surface area contributed by atoms with Crippen molar-refractivity contribution >= 4 is 51.2 Å². The van der Waals surface area contributed by atoms with Gasteiger partial charge in [-0.05, 0) is 67.4 Å². The van der Waals surface area contributed by atoms with Crippen LogP contribution >= 0.6 is 23.2 Å². The maximum absolute atomic E-state index is 13.9. The van der Waals surface area contributed by atoms with E-state index in [4.69, 9.17) is 27.9 Å². The first kappa shape index (κ1) is 30.6. The minimum Gasteiger partial charge on any atom is -0.497 e. The molecule has 5 aromatic rings. The number of piperidine rings is 1. The van der Waals surface area contributed by atoms with Crippen molar-refractivity contribution in [2.75, 3.05) is 37.4 Å². The smallest absolute Gasteiger partial charge is 0.141 e. The first-order valence-corrected chi connectivity index (χ1v) is 15.4. The van der Waals surface area contributed by atoms with E-state index < -0.39 is 11.9 Å². The van der Waals surface area contributed by atoms with Crippen molar-refractivity contribution in [1.82, 2.24) is 24.9 Å². The highest BCUT2D eigenvalue weighted by Gasteiger charge is 2.25. The molecule has 1 aliphatic heterocycles. The van der Waals surface area contributed by atoms with Gasteiger partial charge in [-0.25, -0.2) is 9.07 Å². The van der Waals surface area contributed by atoms with Gasteiger partial charge in [-0.1, -0.05) is 47.5 Å². The molecule has 0 saturated carbocycles. The molecule has 45 heavy (non-hydrogen) atoms. The Morgan fingerprint density at radius 3 is 2.62 bits per heavy atom. The van der Waals surface area contributed by atoms with Gasteiger partial charge in [-0.3, -0.25) is 4.98 Å². The first-order valence-electron chi connectivity index (χ1n) is 14.7. The van der Waals surface area contributed by atoms with Gasteiger partial charge >= 0.3 is 0 Å². The van der Waals surface area contributed by atoms with Gasteiger partial charge in [0.05, 0.1) is 52.2 Å². The van der Waals surface area contributed by atoms with Crippen molar-refractivity contribution in [2.24, 2.45) is 0 Å². The molecule has 1 fully saturated rings. The van der Waals surface area contributed by atoms with E-state index in [-0.39, 0.29) is 16.6 Å². The third-order valence-corrected chi connectivity index (χ3v) is 8.75. The van der Waals surface area contributed by atoms with Gasteiger partial charge in [0.25, 0.3) is 0 Å². The van der Waals surface area contributed by atoms with Crippen molar-refractivity contribution in [1.29, 1.82) is 5.26 Å². The highest BCUT2D eigenvalue weighted by atomic mass is 35.5. The van der Waals surface area contributed by atoms with Crippen molar-refractivity contribution in [3.05, 3.63) is 99.7 Å². The van der Waals surface area contributed by atoms with Crippen LogP contribution in [0, 0.1) is 17.1 Å². The summed E-state index contributed by atoms with van der Waals surface area (Å²) in [7, 11) is 1.63. The molecular weight excluding hydrogens is 614 g/mol. The monoisotopic (exact) mass is 644 g/mol. The van der Waals surface area contributed by atoms with Crippen molar-refractivity contribution in [2.45, 2.75) is 31.8 Å². The van der Waals surface area contributed by atoms with Gasteiger partial charge in [0, 0.05) is 36.0 Å². The number of halogens is 3. The Labute approximate surface area is 270 Å². The van der Waals surface area contributed by atoms with E-state index in [1.807, 2.05) is 41.2 Å². The van der Waals surface area contributed by atoms with Crippen LogP contribution < -0.4 is 15.4 Å². The molecule has 0 amide bonds. The predicted octanol–water partition coefficient (Wildman–Crippen LogP) is 7.75. The normalized spacial score (nSPS) is 14.7. The topological polar surface area (TPSA) is 104 Å². The van der Waals surface area contributed by atoms with Crippen LogP contribution in [-0.4, -0.2) is 51.6 Å². The van der Waals surface area contributed by atoms with E-state index in [0.29, 0.717) is 38.7 Å². The molecule has 0 aliphatic carbocycles. The number of hydrogen-bond donors (Lipinski definition) is 2. The third kappa shape index (κ3) is 6.52. The highest BCUT2D eigenvalue weighted by Crippen LogP contribution is 2.37. The van der Waals surface area contributed by atoms with Crippen LogP contribution in [0.15, 0.2) is 67.0 Å². The summed E-state index contributed by atoms with van der Waals surface area (Å²) in [6.07, 6.45) is 5.48. The molecule has 9 nitrogen and oxygen atoms in total. The van der Waals surface area contributed by atoms with E-state index in [1.165, 1.54) is 18.3 Å². The molecule has 1 unspecified atom stereocenters. The number of nitrogens with one attached hydrogen (secondary N) is 2. The number of nitrogens with zero attached hydrogens (tertiary/aromatic N) is 6. The zero-order chi connectivity index (χ0) is 31.5. The standard InChI is InChI=1S/C33H31Cl2FN8O/c1-3-43-11-9-24(10-12-43)44-19-30(41-42-44)32(20-5-4-6-25(13-20)45-2)40-23-14-26-31(39-22-7-8-29(36)27(34)15-22)21(17-37)18-38-33(26)28(35)16-23/h4-8,13-16,18-19,24,32,40H,3,9-12H2,1-2H3,(H,38,39). The van der Waals surface area contributed by atoms with Crippen molar-refractivity contribution in [3.63, 3.8) is 0 Å². The number of aromatic nitrogens is 4. The number of hydrogen-bond acceptors (Lipinski definition) is 8. The summed E-state index contributed by atoms with van der Waals surface area (Å²) in [4.78, 5) is 6.90. The van der Waals surface area contributed by atoms with Crippen LogP contribution in [0.25, 0.3) is 10.9 Å². The average Bonchev–Trinajstić information content (AvgIpc) is 3.56. The zero-order valence-electron chi connectivity index (χ0n) is 24.8. The largest absolute Gasteiger partial charge is 0.497 e. The van der Waals surface area contributed by atoms with Gasteiger partial charge in [0.1, 0.15) is 23.3 Å². The van der Waals surface area contributed by atoms with E-state index in [9.17, 15) is 9.65 Å². The number of ether oxygens (including phenoxy) is 1. The van der Waals surface area contributed by atoms with Crippen molar-refractivity contribution in [3.8, 4) is 11.8 Å². The number of nitriles is 1. The fourth-order valence-corrected chi connectivity index (χ4v) is 6.15. The molecule has 1 saturated heterocycles. The second-order valence-corrected chi connectivity index (χ2v) is 11.7. The van der Waals surface area contributed by atoms with Gasteiger partial charge in [-0.15, -0.1) is 5.10 Å². The molecule has 0 bridgehead atoms. The Balaban J connectivity index is 1.40. The summed E-state index contributed by atoms with van der Waals surface area (Å²) in [5.41, 5.74) is 4.09. The molecule has 230 valence electrons. The number of methoxy groups -OCH3 is 1. The Bertz CT molecular complexity index is 1880. The minimum atomic E-state index is -0.538. The molecule has 3 aromatic carbocycles. The molecule has 6 rings (SSSR count). The number of benzene rings is 3. The molecular formula is C33H31Cl2FN8O.